The topological polar surface area (TPSA) is 101 Å². The lowest BCUT2D eigenvalue weighted by Gasteiger charge is -2.35. The summed E-state index contributed by atoms with van der Waals surface area (Å²) < 4.78 is 24.0. The van der Waals surface area contributed by atoms with Gasteiger partial charge in [0.1, 0.15) is 22.8 Å². The molecule has 0 spiro atoms. The highest BCUT2D eigenvalue weighted by Crippen LogP contribution is 2.26. The number of hydrazine groups is 1. The Bertz CT molecular complexity index is 593. The highest BCUT2D eigenvalue weighted by molar-refractivity contribution is 8.01. The third-order valence-electron chi connectivity index (χ3n) is 3.25. The van der Waals surface area contributed by atoms with Crippen LogP contribution in [0.1, 0.15) is 19.2 Å². The van der Waals surface area contributed by atoms with E-state index in [0.717, 1.165) is 18.6 Å². The monoisotopic (exact) mass is 331 g/mol. The van der Waals surface area contributed by atoms with Gasteiger partial charge in [0.15, 0.2) is 9.84 Å². The molecule has 1 unspecified atom stereocenters. The second-order valence-corrected chi connectivity index (χ2v) is 8.33. The van der Waals surface area contributed by atoms with Gasteiger partial charge in [0, 0.05) is 36.8 Å². The van der Waals surface area contributed by atoms with Crippen LogP contribution in [0.15, 0.2) is 6.07 Å². The van der Waals surface area contributed by atoms with Crippen LogP contribution < -0.4 is 16.2 Å². The summed E-state index contributed by atoms with van der Waals surface area (Å²) in [5.41, 5.74) is 2.53. The summed E-state index contributed by atoms with van der Waals surface area (Å²) >= 11 is 1.65. The van der Waals surface area contributed by atoms with E-state index in [4.69, 9.17) is 5.84 Å². The molecule has 7 nitrogen and oxygen atoms in total. The third kappa shape index (κ3) is 3.98. The van der Waals surface area contributed by atoms with Crippen molar-refractivity contribution in [1.82, 2.24) is 9.97 Å². The van der Waals surface area contributed by atoms with E-state index in [2.05, 4.69) is 15.4 Å². The molecule has 0 radical (unpaired) electrons. The van der Waals surface area contributed by atoms with Gasteiger partial charge in [0.05, 0.1) is 0 Å². The van der Waals surface area contributed by atoms with Gasteiger partial charge in [-0.25, -0.2) is 24.2 Å². The molecular weight excluding hydrogens is 310 g/mol. The molecule has 118 valence electrons. The van der Waals surface area contributed by atoms with Gasteiger partial charge >= 0.3 is 0 Å². The Kier molecular flexibility index (Phi) is 5.28. The van der Waals surface area contributed by atoms with E-state index in [1.165, 1.54) is 6.26 Å². The molecule has 1 atom stereocenters. The maximum atomic E-state index is 12.0. The number of nitrogens with two attached hydrogens (primary N) is 1. The molecule has 9 heteroatoms. The van der Waals surface area contributed by atoms with E-state index >= 15 is 0 Å². The number of anilines is 2. The summed E-state index contributed by atoms with van der Waals surface area (Å²) in [6, 6.07) is 1.70. The van der Waals surface area contributed by atoms with Crippen LogP contribution >= 0.6 is 11.8 Å². The molecule has 0 aliphatic carbocycles. The number of thioether (sulfide) groups is 1. The van der Waals surface area contributed by atoms with Gasteiger partial charge in [0.2, 0.25) is 0 Å². The van der Waals surface area contributed by atoms with Crippen molar-refractivity contribution in [2.75, 3.05) is 34.6 Å². The van der Waals surface area contributed by atoms with Crippen LogP contribution in [-0.2, 0) is 16.3 Å². The number of sulfone groups is 1. The van der Waals surface area contributed by atoms with Crippen molar-refractivity contribution in [1.29, 1.82) is 0 Å². The Morgan fingerprint density at radius 2 is 2.29 bits per heavy atom. The lowest BCUT2D eigenvalue weighted by Crippen LogP contribution is -2.47. The summed E-state index contributed by atoms with van der Waals surface area (Å²) in [5.74, 6) is 8.69. The van der Waals surface area contributed by atoms with Gasteiger partial charge in [-0.2, -0.15) is 11.8 Å². The van der Waals surface area contributed by atoms with E-state index in [0.29, 0.717) is 29.8 Å². The lowest BCUT2D eigenvalue weighted by atomic mass is 10.3. The van der Waals surface area contributed by atoms with Crippen LogP contribution in [0.3, 0.4) is 0 Å². The minimum Gasteiger partial charge on any atom is -0.338 e. The van der Waals surface area contributed by atoms with Crippen LogP contribution in [0, 0.1) is 0 Å². The van der Waals surface area contributed by atoms with Gasteiger partial charge in [-0.15, -0.1) is 0 Å². The maximum Gasteiger partial charge on any atom is 0.169 e. The van der Waals surface area contributed by atoms with E-state index in [9.17, 15) is 8.42 Å². The van der Waals surface area contributed by atoms with E-state index < -0.39 is 15.2 Å². The molecule has 2 rings (SSSR count). The van der Waals surface area contributed by atoms with Crippen molar-refractivity contribution in [2.24, 2.45) is 5.84 Å². The van der Waals surface area contributed by atoms with Crippen LogP contribution in [-0.4, -0.2) is 48.1 Å². The standard InChI is InChI=1S/C12H21N5O2S2/c1-3-4-9-14-10(16-13)7-11(15-9)17-5-6-20-8-12(17)21(2,18)19/h7,12H,3-6,8,13H2,1-2H3,(H,14,15,16). The molecule has 1 aromatic rings. The number of nitrogens with one attached hydrogen (secondary N) is 1. The van der Waals surface area contributed by atoms with Crippen LogP contribution in [0.25, 0.3) is 0 Å². The second-order valence-electron chi connectivity index (χ2n) is 4.97. The number of hydrogen-bond donors (Lipinski definition) is 2. The normalized spacial score (nSPS) is 19.6. The highest BCUT2D eigenvalue weighted by Gasteiger charge is 2.32. The quantitative estimate of drug-likeness (QED) is 0.599. The Morgan fingerprint density at radius 3 is 2.90 bits per heavy atom. The van der Waals surface area contributed by atoms with Gasteiger partial charge in [-0.1, -0.05) is 6.92 Å². The van der Waals surface area contributed by atoms with Crippen molar-refractivity contribution in [2.45, 2.75) is 25.1 Å². The summed E-state index contributed by atoms with van der Waals surface area (Å²) in [5, 5.41) is -0.550. The smallest absolute Gasteiger partial charge is 0.169 e. The number of aromatic nitrogens is 2. The fraction of sp³-hybridized carbons (Fsp3) is 0.667. The van der Waals surface area contributed by atoms with Crippen LogP contribution in [0.5, 0.6) is 0 Å². The molecule has 1 saturated heterocycles. The predicted molar refractivity (Wildman–Crippen MR) is 87.1 cm³/mol. The molecule has 3 N–H and O–H groups in total. The van der Waals surface area contributed by atoms with Crippen LogP contribution in [0.4, 0.5) is 11.6 Å². The average Bonchev–Trinajstić information content (AvgIpc) is 2.46. The molecule has 0 bridgehead atoms. The van der Waals surface area contributed by atoms with Gasteiger partial charge in [0.25, 0.3) is 0 Å². The number of nitrogens with zero attached hydrogens (tertiary/aromatic N) is 3. The first-order chi connectivity index (χ1) is 9.95. The molecular formula is C12H21N5O2S2. The summed E-state index contributed by atoms with van der Waals surface area (Å²) in [6.07, 6.45) is 2.92. The molecule has 1 fully saturated rings. The zero-order valence-corrected chi connectivity index (χ0v) is 13.9. The fourth-order valence-corrected chi connectivity index (χ4v) is 5.06. The minimum absolute atomic E-state index is 0.508. The molecule has 0 amide bonds. The second kappa shape index (κ2) is 6.80. The minimum atomic E-state index is -3.17. The highest BCUT2D eigenvalue weighted by atomic mass is 32.2. The molecule has 2 heterocycles. The predicted octanol–water partition coefficient (Wildman–Crippen LogP) is 0.639. The van der Waals surface area contributed by atoms with E-state index in [1.54, 1.807) is 17.8 Å². The van der Waals surface area contributed by atoms with Crippen molar-refractivity contribution in [3.8, 4) is 0 Å². The zero-order valence-electron chi connectivity index (χ0n) is 12.2. The van der Waals surface area contributed by atoms with Gasteiger partial charge in [-0.3, -0.25) is 0 Å². The van der Waals surface area contributed by atoms with Crippen molar-refractivity contribution in [3.05, 3.63) is 11.9 Å². The largest absolute Gasteiger partial charge is 0.338 e. The number of hydrogen-bond acceptors (Lipinski definition) is 8. The van der Waals surface area contributed by atoms with Crippen LogP contribution in [0.2, 0.25) is 0 Å². The third-order valence-corrected chi connectivity index (χ3v) is 5.90. The summed E-state index contributed by atoms with van der Waals surface area (Å²) in [4.78, 5) is 10.6. The molecule has 0 aromatic carbocycles. The van der Waals surface area contributed by atoms with Crippen molar-refractivity contribution < 1.29 is 8.42 Å². The number of nitrogen functional groups attached to an aromatic ring is 1. The molecule has 1 aromatic heterocycles. The lowest BCUT2D eigenvalue weighted by molar-refractivity contribution is 0.583. The molecule has 0 saturated carbocycles. The van der Waals surface area contributed by atoms with E-state index in [1.807, 2.05) is 11.8 Å². The molecule has 21 heavy (non-hydrogen) atoms. The fourth-order valence-electron chi connectivity index (χ4n) is 2.24. The SMILES string of the molecule is CCCc1nc(NN)cc(N2CCSCC2S(C)(=O)=O)n1. The molecule has 1 aliphatic heterocycles. The maximum absolute atomic E-state index is 12.0. The van der Waals surface area contributed by atoms with Crippen molar-refractivity contribution in [3.63, 3.8) is 0 Å². The average molecular weight is 331 g/mol. The number of aryl methyl sites for hydroxylation is 1. The Labute approximate surface area is 129 Å². The van der Waals surface area contributed by atoms with Gasteiger partial charge in [-0.05, 0) is 6.42 Å². The first-order valence-electron chi connectivity index (χ1n) is 6.83. The first-order valence-corrected chi connectivity index (χ1v) is 9.94. The summed E-state index contributed by atoms with van der Waals surface area (Å²) in [6.45, 7) is 2.69. The summed E-state index contributed by atoms with van der Waals surface area (Å²) in [7, 11) is -3.17. The first kappa shape index (κ1) is 16.3. The number of rotatable bonds is 5. The Balaban J connectivity index is 2.40. The Morgan fingerprint density at radius 1 is 1.52 bits per heavy atom. The van der Waals surface area contributed by atoms with Crippen molar-refractivity contribution >= 4 is 33.2 Å². The van der Waals surface area contributed by atoms with E-state index in [-0.39, 0.29) is 0 Å². The zero-order chi connectivity index (χ0) is 15.5. The Hall–Kier alpha value is -1.06. The molecule has 1 aliphatic rings. The van der Waals surface area contributed by atoms with Gasteiger partial charge < -0.3 is 10.3 Å².